The summed E-state index contributed by atoms with van der Waals surface area (Å²) in [5.74, 6) is -0.788. The molecule has 4 nitrogen and oxygen atoms in total. The highest BCUT2D eigenvalue weighted by molar-refractivity contribution is 5.78. The van der Waals surface area contributed by atoms with Gasteiger partial charge in [0.05, 0.1) is 0 Å². The van der Waals surface area contributed by atoms with Gasteiger partial charge in [0.25, 0.3) is 0 Å². The topological polar surface area (TPSA) is 66.4 Å². The minimum absolute atomic E-state index is 0.0327. The summed E-state index contributed by atoms with van der Waals surface area (Å²) in [6.07, 6.45) is 10.1. The Labute approximate surface area is 185 Å². The first-order valence-corrected chi connectivity index (χ1v) is 11.4. The van der Waals surface area contributed by atoms with Crippen LogP contribution < -0.4 is 5.32 Å². The molecule has 0 unspecified atom stereocenters. The highest BCUT2D eigenvalue weighted by Crippen LogP contribution is 2.31. The maximum absolute atomic E-state index is 12.5. The number of unbranched alkanes of at least 4 members (excludes halogenated alkanes) is 3. The molecule has 0 saturated heterocycles. The van der Waals surface area contributed by atoms with Crippen molar-refractivity contribution < 1.29 is 14.7 Å². The van der Waals surface area contributed by atoms with Gasteiger partial charge in [0.15, 0.2) is 0 Å². The molecule has 0 aliphatic heterocycles. The minimum Gasteiger partial charge on any atom is -0.481 e. The van der Waals surface area contributed by atoms with Crippen LogP contribution in [0.2, 0.25) is 0 Å². The first kappa shape index (κ1) is 22.8. The zero-order valence-electron chi connectivity index (χ0n) is 18.2. The van der Waals surface area contributed by atoms with Crippen molar-refractivity contribution in [2.24, 2.45) is 0 Å². The van der Waals surface area contributed by atoms with E-state index in [0.717, 1.165) is 38.5 Å². The molecule has 4 heteroatoms. The number of nitrogens with one attached hydrogen (secondary N) is 1. The van der Waals surface area contributed by atoms with Gasteiger partial charge in [0.2, 0.25) is 5.91 Å². The Hall–Kier alpha value is -2.88. The van der Waals surface area contributed by atoms with Crippen LogP contribution in [0.1, 0.15) is 68.1 Å². The Kier molecular flexibility index (Phi) is 8.89. The molecule has 0 fully saturated rings. The number of hydrogen-bond acceptors (Lipinski definition) is 2. The van der Waals surface area contributed by atoms with Crippen LogP contribution in [-0.4, -0.2) is 23.0 Å². The van der Waals surface area contributed by atoms with Crippen LogP contribution in [0, 0.1) is 0 Å². The molecule has 3 rings (SSSR count). The number of benzene rings is 2. The summed E-state index contributed by atoms with van der Waals surface area (Å²) in [4.78, 5) is 23.6. The molecular formula is C27H33NO3. The van der Waals surface area contributed by atoms with Crippen LogP contribution >= 0.6 is 0 Å². The highest BCUT2D eigenvalue weighted by Gasteiger charge is 2.20. The van der Waals surface area contributed by atoms with Gasteiger partial charge in [-0.3, -0.25) is 9.59 Å². The summed E-state index contributed by atoms with van der Waals surface area (Å²) in [6, 6.07) is 18.7. The molecular weight excluding hydrogens is 386 g/mol. The number of aliphatic carboxylic acids is 1. The molecule has 0 saturated carbocycles. The largest absolute Gasteiger partial charge is 0.481 e. The predicted octanol–water partition coefficient (Wildman–Crippen LogP) is 5.56. The van der Waals surface area contributed by atoms with Crippen LogP contribution in [-0.2, 0) is 22.4 Å². The monoisotopic (exact) mass is 419 g/mol. The summed E-state index contributed by atoms with van der Waals surface area (Å²) >= 11 is 0. The van der Waals surface area contributed by atoms with Crippen molar-refractivity contribution in [1.29, 1.82) is 0 Å². The molecule has 2 aromatic rings. The fourth-order valence-corrected chi connectivity index (χ4v) is 4.25. The summed E-state index contributed by atoms with van der Waals surface area (Å²) in [7, 11) is 0. The number of fused-ring (bicyclic) bond motifs is 1. The van der Waals surface area contributed by atoms with Gasteiger partial charge in [-0.05, 0) is 60.8 Å². The van der Waals surface area contributed by atoms with Gasteiger partial charge < -0.3 is 10.4 Å². The number of carbonyl (C=O) groups excluding carboxylic acids is 1. The first-order chi connectivity index (χ1) is 15.1. The molecule has 1 aliphatic carbocycles. The number of aryl methyl sites for hydroxylation is 1. The average Bonchev–Trinajstić information content (AvgIpc) is 3.18. The molecule has 1 amide bonds. The standard InChI is InChI=1S/C27H33NO3/c29-26(15-7-2-1-4-10-21-11-5-3-6-12-21)28-24(18-19-27(30)31)20-23-17-16-22-13-8-9-14-25(22)23/h3,5-6,8-9,11-14,17,24H,1-2,4,7,10,15-16,18-20H2,(H,28,29)(H,30,31)/t24-/m0/s1. The lowest BCUT2D eigenvalue weighted by molar-refractivity contribution is -0.137. The number of carbonyl (C=O) groups is 2. The van der Waals surface area contributed by atoms with E-state index >= 15 is 0 Å². The molecule has 0 aromatic heterocycles. The fourth-order valence-electron chi connectivity index (χ4n) is 4.25. The minimum atomic E-state index is -0.821. The van der Waals surface area contributed by atoms with Crippen LogP contribution in [0.5, 0.6) is 0 Å². The Morgan fingerprint density at radius 2 is 1.65 bits per heavy atom. The Balaban J connectivity index is 1.40. The van der Waals surface area contributed by atoms with Crippen LogP contribution in [0.4, 0.5) is 0 Å². The summed E-state index contributed by atoms with van der Waals surface area (Å²) in [6.45, 7) is 0. The second-order valence-corrected chi connectivity index (χ2v) is 8.39. The van der Waals surface area contributed by atoms with Crippen molar-refractivity contribution in [3.63, 3.8) is 0 Å². The van der Waals surface area contributed by atoms with Crippen molar-refractivity contribution in [2.45, 2.75) is 70.3 Å². The molecule has 1 atom stereocenters. The third kappa shape index (κ3) is 7.71. The van der Waals surface area contributed by atoms with E-state index in [1.807, 2.05) is 18.2 Å². The van der Waals surface area contributed by atoms with Gasteiger partial charge in [-0.25, -0.2) is 0 Å². The van der Waals surface area contributed by atoms with Crippen molar-refractivity contribution in [2.75, 3.05) is 0 Å². The second-order valence-electron chi connectivity index (χ2n) is 8.39. The average molecular weight is 420 g/mol. The van der Waals surface area contributed by atoms with Gasteiger partial charge in [-0.1, -0.05) is 73.5 Å². The zero-order valence-corrected chi connectivity index (χ0v) is 18.2. The quantitative estimate of drug-likeness (QED) is 0.418. The van der Waals surface area contributed by atoms with Crippen LogP contribution in [0.15, 0.2) is 60.7 Å². The van der Waals surface area contributed by atoms with Gasteiger partial charge in [0, 0.05) is 18.9 Å². The van der Waals surface area contributed by atoms with Crippen molar-refractivity contribution >= 4 is 17.4 Å². The molecule has 0 heterocycles. The van der Waals surface area contributed by atoms with E-state index in [1.54, 1.807) is 0 Å². The lowest BCUT2D eigenvalue weighted by Crippen LogP contribution is -2.35. The second kappa shape index (κ2) is 12.1. The molecule has 1 aliphatic rings. The van der Waals surface area contributed by atoms with Crippen molar-refractivity contribution in [3.8, 4) is 0 Å². The highest BCUT2D eigenvalue weighted by atomic mass is 16.4. The maximum atomic E-state index is 12.5. The number of hydrogen-bond donors (Lipinski definition) is 2. The zero-order chi connectivity index (χ0) is 21.9. The van der Waals surface area contributed by atoms with Crippen molar-refractivity contribution in [3.05, 3.63) is 77.4 Å². The van der Waals surface area contributed by atoms with E-state index in [4.69, 9.17) is 5.11 Å². The van der Waals surface area contributed by atoms with E-state index in [1.165, 1.54) is 22.3 Å². The lowest BCUT2D eigenvalue weighted by atomic mass is 9.97. The Bertz CT molecular complexity index is 888. The molecule has 31 heavy (non-hydrogen) atoms. The lowest BCUT2D eigenvalue weighted by Gasteiger charge is -2.19. The number of carboxylic acid groups (broad SMARTS) is 1. The molecule has 0 spiro atoms. The Morgan fingerprint density at radius 3 is 2.45 bits per heavy atom. The summed E-state index contributed by atoms with van der Waals surface area (Å²) in [5.41, 5.74) is 5.11. The third-order valence-corrected chi connectivity index (χ3v) is 5.93. The molecule has 0 radical (unpaired) electrons. The fraction of sp³-hybridized carbons (Fsp3) is 0.407. The maximum Gasteiger partial charge on any atom is 0.303 e. The normalized spacial score (nSPS) is 13.4. The number of amides is 1. The van der Waals surface area contributed by atoms with Gasteiger partial charge in [0.1, 0.15) is 0 Å². The Morgan fingerprint density at radius 1 is 0.903 bits per heavy atom. The SMILES string of the molecule is O=C(O)CC[C@@H](CC1=CCc2ccccc21)NC(=O)CCCCCCc1ccccc1. The van der Waals surface area contributed by atoms with E-state index in [2.05, 4.69) is 47.8 Å². The molecule has 2 aromatic carbocycles. The van der Waals surface area contributed by atoms with Crippen molar-refractivity contribution in [1.82, 2.24) is 5.32 Å². The first-order valence-electron chi connectivity index (χ1n) is 11.4. The van der Waals surface area contributed by atoms with E-state index in [-0.39, 0.29) is 18.4 Å². The number of allylic oxidation sites excluding steroid dienone is 1. The molecule has 164 valence electrons. The van der Waals surface area contributed by atoms with Gasteiger partial charge in [-0.15, -0.1) is 0 Å². The van der Waals surface area contributed by atoms with E-state index < -0.39 is 5.97 Å². The van der Waals surface area contributed by atoms with E-state index in [0.29, 0.717) is 19.3 Å². The summed E-state index contributed by atoms with van der Waals surface area (Å²) < 4.78 is 0. The molecule has 2 N–H and O–H groups in total. The van der Waals surface area contributed by atoms with E-state index in [9.17, 15) is 9.59 Å². The smallest absolute Gasteiger partial charge is 0.303 e. The van der Waals surface area contributed by atoms with Crippen LogP contribution in [0.3, 0.4) is 0 Å². The third-order valence-electron chi connectivity index (χ3n) is 5.93. The van der Waals surface area contributed by atoms with Gasteiger partial charge >= 0.3 is 5.97 Å². The van der Waals surface area contributed by atoms with Gasteiger partial charge in [-0.2, -0.15) is 0 Å². The number of rotatable bonds is 13. The number of carboxylic acids is 1. The predicted molar refractivity (Wildman–Crippen MR) is 125 cm³/mol. The van der Waals surface area contributed by atoms with Crippen LogP contribution in [0.25, 0.3) is 5.57 Å². The summed E-state index contributed by atoms with van der Waals surface area (Å²) in [5, 5.41) is 12.2. The molecule has 0 bridgehead atoms.